The largest absolute Gasteiger partial charge is 0.295 e. The van der Waals surface area contributed by atoms with Gasteiger partial charge in [0.05, 0.1) is 0 Å². The van der Waals surface area contributed by atoms with Crippen molar-refractivity contribution in [1.82, 2.24) is 0 Å². The maximum absolute atomic E-state index is 10.7. The standard InChI is InChI=1S/C10H18O/c1-4-6-7-10(5-2)8-9(3)11/h8H,4-7H2,1-3H3. The van der Waals surface area contributed by atoms with Gasteiger partial charge in [-0.05, 0) is 32.3 Å². The van der Waals surface area contributed by atoms with Crippen molar-refractivity contribution < 1.29 is 4.79 Å². The van der Waals surface area contributed by atoms with Gasteiger partial charge in [0.25, 0.3) is 0 Å². The number of unbranched alkanes of at least 4 members (excludes halogenated alkanes) is 1. The van der Waals surface area contributed by atoms with Crippen LogP contribution in [-0.2, 0) is 4.79 Å². The molecular formula is C10H18O. The highest BCUT2D eigenvalue weighted by molar-refractivity contribution is 5.87. The van der Waals surface area contributed by atoms with Crippen LogP contribution in [0.1, 0.15) is 46.5 Å². The number of carbonyl (C=O) groups is 1. The molecule has 1 heteroatoms. The molecule has 0 spiro atoms. The van der Waals surface area contributed by atoms with Gasteiger partial charge in [0, 0.05) is 0 Å². The van der Waals surface area contributed by atoms with Gasteiger partial charge < -0.3 is 0 Å². The van der Waals surface area contributed by atoms with E-state index in [1.54, 1.807) is 13.0 Å². The lowest BCUT2D eigenvalue weighted by Gasteiger charge is -2.00. The molecule has 0 N–H and O–H groups in total. The Morgan fingerprint density at radius 3 is 2.36 bits per heavy atom. The molecular weight excluding hydrogens is 136 g/mol. The number of carbonyl (C=O) groups excluding carboxylic acids is 1. The highest BCUT2D eigenvalue weighted by atomic mass is 16.1. The second-order valence-electron chi connectivity index (χ2n) is 2.87. The van der Waals surface area contributed by atoms with E-state index < -0.39 is 0 Å². The van der Waals surface area contributed by atoms with E-state index in [1.807, 2.05) is 0 Å². The average molecular weight is 154 g/mol. The van der Waals surface area contributed by atoms with Gasteiger partial charge in [-0.25, -0.2) is 0 Å². The Bertz CT molecular complexity index is 145. The van der Waals surface area contributed by atoms with E-state index in [2.05, 4.69) is 13.8 Å². The summed E-state index contributed by atoms with van der Waals surface area (Å²) < 4.78 is 0. The Hall–Kier alpha value is -0.590. The van der Waals surface area contributed by atoms with Gasteiger partial charge in [-0.15, -0.1) is 0 Å². The van der Waals surface area contributed by atoms with Crippen molar-refractivity contribution in [2.24, 2.45) is 0 Å². The Labute approximate surface area is 69.5 Å². The molecule has 0 bridgehead atoms. The molecule has 1 nitrogen and oxygen atoms in total. The lowest BCUT2D eigenvalue weighted by atomic mass is 10.1. The smallest absolute Gasteiger partial charge is 0.152 e. The van der Waals surface area contributed by atoms with Crippen LogP contribution >= 0.6 is 0 Å². The molecule has 0 amide bonds. The van der Waals surface area contributed by atoms with Crippen LogP contribution in [0.25, 0.3) is 0 Å². The lowest BCUT2D eigenvalue weighted by molar-refractivity contribution is -0.112. The van der Waals surface area contributed by atoms with Gasteiger partial charge in [-0.2, -0.15) is 0 Å². The molecule has 0 aromatic carbocycles. The third-order valence-corrected chi connectivity index (χ3v) is 1.71. The first-order chi connectivity index (χ1) is 5.20. The fourth-order valence-corrected chi connectivity index (χ4v) is 1.04. The van der Waals surface area contributed by atoms with Crippen LogP contribution in [0.4, 0.5) is 0 Å². The van der Waals surface area contributed by atoms with Crippen LogP contribution in [0.15, 0.2) is 11.6 Å². The molecule has 0 aromatic heterocycles. The van der Waals surface area contributed by atoms with Crippen molar-refractivity contribution in [2.45, 2.75) is 46.5 Å². The number of ketones is 1. The normalized spacial score (nSPS) is 11.7. The minimum atomic E-state index is 0.179. The molecule has 0 saturated heterocycles. The topological polar surface area (TPSA) is 17.1 Å². The number of hydrogen-bond acceptors (Lipinski definition) is 1. The summed E-state index contributed by atoms with van der Waals surface area (Å²) in [4.78, 5) is 10.7. The Morgan fingerprint density at radius 2 is 2.00 bits per heavy atom. The average Bonchev–Trinajstić information content (AvgIpc) is 1.97. The summed E-state index contributed by atoms with van der Waals surface area (Å²) >= 11 is 0. The van der Waals surface area contributed by atoms with Crippen LogP contribution in [0.3, 0.4) is 0 Å². The summed E-state index contributed by atoms with van der Waals surface area (Å²) in [6, 6.07) is 0. The van der Waals surface area contributed by atoms with Crippen molar-refractivity contribution in [2.75, 3.05) is 0 Å². The third kappa shape index (κ3) is 5.84. The zero-order chi connectivity index (χ0) is 8.69. The van der Waals surface area contributed by atoms with Gasteiger partial charge in [0.2, 0.25) is 0 Å². The minimum Gasteiger partial charge on any atom is -0.295 e. The molecule has 0 unspecified atom stereocenters. The summed E-state index contributed by atoms with van der Waals surface area (Å²) in [6.45, 7) is 5.88. The zero-order valence-corrected chi connectivity index (χ0v) is 7.81. The van der Waals surface area contributed by atoms with Crippen molar-refractivity contribution in [3.05, 3.63) is 11.6 Å². The van der Waals surface area contributed by atoms with Gasteiger partial charge >= 0.3 is 0 Å². The van der Waals surface area contributed by atoms with Crippen molar-refractivity contribution >= 4 is 5.78 Å². The minimum absolute atomic E-state index is 0.179. The quantitative estimate of drug-likeness (QED) is 0.556. The van der Waals surface area contributed by atoms with E-state index in [0.717, 1.165) is 12.8 Å². The van der Waals surface area contributed by atoms with E-state index >= 15 is 0 Å². The predicted octanol–water partition coefficient (Wildman–Crippen LogP) is 3.10. The monoisotopic (exact) mass is 154 g/mol. The summed E-state index contributed by atoms with van der Waals surface area (Å²) in [6.07, 6.45) is 6.28. The Balaban J connectivity index is 3.84. The molecule has 0 atom stereocenters. The molecule has 0 aromatic rings. The maximum atomic E-state index is 10.7. The van der Waals surface area contributed by atoms with Gasteiger partial charge in [0.1, 0.15) is 0 Å². The van der Waals surface area contributed by atoms with Gasteiger partial charge in [0.15, 0.2) is 5.78 Å². The molecule has 0 aliphatic carbocycles. The Kier molecular flexibility index (Phi) is 5.81. The molecule has 64 valence electrons. The predicted molar refractivity (Wildman–Crippen MR) is 48.6 cm³/mol. The second-order valence-corrected chi connectivity index (χ2v) is 2.87. The first kappa shape index (κ1) is 10.4. The zero-order valence-electron chi connectivity index (χ0n) is 7.81. The molecule has 11 heavy (non-hydrogen) atoms. The van der Waals surface area contributed by atoms with E-state index in [-0.39, 0.29) is 5.78 Å². The maximum Gasteiger partial charge on any atom is 0.152 e. The lowest BCUT2D eigenvalue weighted by Crippen LogP contribution is -1.88. The van der Waals surface area contributed by atoms with Gasteiger partial charge in [-0.1, -0.05) is 25.8 Å². The number of allylic oxidation sites excluding steroid dienone is 2. The molecule has 0 fully saturated rings. The Morgan fingerprint density at radius 1 is 1.36 bits per heavy atom. The molecule has 0 radical (unpaired) electrons. The van der Waals surface area contributed by atoms with Crippen LogP contribution in [-0.4, -0.2) is 5.78 Å². The third-order valence-electron chi connectivity index (χ3n) is 1.71. The van der Waals surface area contributed by atoms with Crippen LogP contribution in [0.2, 0.25) is 0 Å². The van der Waals surface area contributed by atoms with Crippen molar-refractivity contribution in [3.63, 3.8) is 0 Å². The summed E-state index contributed by atoms with van der Waals surface area (Å²) in [7, 11) is 0. The van der Waals surface area contributed by atoms with E-state index in [9.17, 15) is 4.79 Å². The van der Waals surface area contributed by atoms with E-state index in [0.29, 0.717) is 0 Å². The van der Waals surface area contributed by atoms with Crippen LogP contribution in [0.5, 0.6) is 0 Å². The summed E-state index contributed by atoms with van der Waals surface area (Å²) in [5, 5.41) is 0. The second kappa shape index (κ2) is 6.14. The van der Waals surface area contributed by atoms with Crippen molar-refractivity contribution in [1.29, 1.82) is 0 Å². The van der Waals surface area contributed by atoms with Crippen LogP contribution < -0.4 is 0 Å². The van der Waals surface area contributed by atoms with Crippen LogP contribution in [0, 0.1) is 0 Å². The number of hydrogen-bond donors (Lipinski definition) is 0. The van der Waals surface area contributed by atoms with Crippen molar-refractivity contribution in [3.8, 4) is 0 Å². The summed E-state index contributed by atoms with van der Waals surface area (Å²) in [5.74, 6) is 0.179. The molecule has 0 saturated carbocycles. The first-order valence-electron chi connectivity index (χ1n) is 4.40. The summed E-state index contributed by atoms with van der Waals surface area (Å²) in [5.41, 5.74) is 1.29. The molecule has 0 aliphatic rings. The van der Waals surface area contributed by atoms with Gasteiger partial charge in [-0.3, -0.25) is 4.79 Å². The fourth-order valence-electron chi connectivity index (χ4n) is 1.04. The first-order valence-corrected chi connectivity index (χ1v) is 4.40. The number of rotatable bonds is 5. The highest BCUT2D eigenvalue weighted by Crippen LogP contribution is 2.10. The SMILES string of the molecule is CCCCC(=CC(C)=O)CC. The fraction of sp³-hybridized carbons (Fsp3) is 0.700. The van der Waals surface area contributed by atoms with E-state index in [4.69, 9.17) is 0 Å². The van der Waals surface area contributed by atoms with E-state index in [1.165, 1.54) is 18.4 Å². The molecule has 0 aliphatic heterocycles. The highest BCUT2D eigenvalue weighted by Gasteiger charge is 1.94. The molecule has 0 heterocycles. The molecule has 0 rings (SSSR count).